The van der Waals surface area contributed by atoms with Gasteiger partial charge in [0.25, 0.3) is 10.0 Å². The van der Waals surface area contributed by atoms with Crippen molar-refractivity contribution in [1.29, 1.82) is 0 Å². The van der Waals surface area contributed by atoms with Gasteiger partial charge in [-0.1, -0.05) is 23.7 Å². The van der Waals surface area contributed by atoms with Crippen LogP contribution in [0.5, 0.6) is 0 Å². The Labute approximate surface area is 188 Å². The first-order valence-electron chi connectivity index (χ1n) is 9.71. The number of nitrogens with one attached hydrogen (secondary N) is 1. The maximum atomic E-state index is 13.2. The molecule has 0 unspecified atom stereocenters. The molecule has 0 bridgehead atoms. The minimum Gasteiger partial charge on any atom is -0.339 e. The van der Waals surface area contributed by atoms with E-state index in [9.17, 15) is 13.2 Å². The number of aryl methyl sites for hydroxylation is 1. The summed E-state index contributed by atoms with van der Waals surface area (Å²) in [5.41, 5.74) is 0.590. The minimum atomic E-state index is -3.74. The van der Waals surface area contributed by atoms with Gasteiger partial charge in [-0.2, -0.15) is 9.29 Å². The molecule has 4 rings (SSSR count). The lowest BCUT2D eigenvalue weighted by Crippen LogP contribution is -2.43. The van der Waals surface area contributed by atoms with E-state index in [1.807, 2.05) is 6.92 Å². The standard InChI is InChI=1S/C19H20ClN5O4S2/c1-2-16-23-18(24-29-16)13-8-17(30-11-13)31(27,28)25-7-3-4-12(10-25)19(26)22-15-6-5-14(20)9-21-15/h5-6,8-9,11-12H,2-4,7,10H2,1H3,(H,21,22,26)/t12-/m0/s1. The molecular formula is C19H20ClN5O4S2. The number of piperidine rings is 1. The summed E-state index contributed by atoms with van der Waals surface area (Å²) in [5.74, 6) is 0.501. The average Bonchev–Trinajstić information content (AvgIpc) is 3.45. The Balaban J connectivity index is 1.47. The summed E-state index contributed by atoms with van der Waals surface area (Å²) in [7, 11) is -3.74. The molecule has 0 saturated carbocycles. The summed E-state index contributed by atoms with van der Waals surface area (Å²) in [6.07, 6.45) is 3.24. The van der Waals surface area contributed by atoms with Gasteiger partial charge >= 0.3 is 0 Å². The topological polar surface area (TPSA) is 118 Å². The van der Waals surface area contributed by atoms with Crippen molar-refractivity contribution in [1.82, 2.24) is 19.4 Å². The number of amides is 1. The predicted octanol–water partition coefficient (Wildman–Crippen LogP) is 3.45. The van der Waals surface area contributed by atoms with Gasteiger partial charge in [-0.15, -0.1) is 11.3 Å². The second kappa shape index (κ2) is 9.03. The number of carbonyl (C=O) groups is 1. The Bertz CT molecular complexity index is 1180. The van der Waals surface area contributed by atoms with Crippen LogP contribution in [-0.4, -0.2) is 46.8 Å². The van der Waals surface area contributed by atoms with Gasteiger partial charge in [0, 0.05) is 36.7 Å². The third kappa shape index (κ3) is 4.79. The fourth-order valence-electron chi connectivity index (χ4n) is 3.26. The van der Waals surface area contributed by atoms with Gasteiger partial charge in [0.15, 0.2) is 0 Å². The molecule has 1 aliphatic rings. The number of aromatic nitrogens is 3. The molecular weight excluding hydrogens is 462 g/mol. The number of nitrogens with zero attached hydrogens (tertiary/aromatic N) is 4. The summed E-state index contributed by atoms with van der Waals surface area (Å²) in [5, 5.41) is 8.78. The van der Waals surface area contributed by atoms with E-state index in [4.69, 9.17) is 16.1 Å². The molecule has 1 saturated heterocycles. The minimum absolute atomic E-state index is 0.108. The van der Waals surface area contributed by atoms with Gasteiger partial charge in [-0.25, -0.2) is 13.4 Å². The number of halogens is 1. The molecule has 1 amide bonds. The summed E-state index contributed by atoms with van der Waals surface area (Å²) in [4.78, 5) is 20.9. The monoisotopic (exact) mass is 481 g/mol. The van der Waals surface area contributed by atoms with Crippen LogP contribution in [-0.2, 0) is 21.2 Å². The molecule has 0 spiro atoms. The van der Waals surface area contributed by atoms with Crippen molar-refractivity contribution in [2.45, 2.75) is 30.4 Å². The number of sulfonamides is 1. The first kappa shape index (κ1) is 21.9. The third-order valence-electron chi connectivity index (χ3n) is 4.93. The normalized spacial score (nSPS) is 17.5. The Morgan fingerprint density at radius 3 is 2.97 bits per heavy atom. The van der Waals surface area contributed by atoms with Crippen LogP contribution in [0.4, 0.5) is 5.82 Å². The molecule has 31 heavy (non-hydrogen) atoms. The molecule has 1 fully saturated rings. The lowest BCUT2D eigenvalue weighted by Gasteiger charge is -2.30. The first-order valence-corrected chi connectivity index (χ1v) is 12.4. The van der Waals surface area contributed by atoms with E-state index >= 15 is 0 Å². The molecule has 0 aliphatic carbocycles. The third-order valence-corrected chi connectivity index (χ3v) is 8.44. The fraction of sp³-hybridized carbons (Fsp3) is 0.368. The predicted molar refractivity (Wildman–Crippen MR) is 116 cm³/mol. The zero-order valence-electron chi connectivity index (χ0n) is 16.6. The summed E-state index contributed by atoms with van der Waals surface area (Å²) >= 11 is 6.91. The van der Waals surface area contributed by atoms with Crippen LogP contribution in [0, 0.1) is 5.92 Å². The smallest absolute Gasteiger partial charge is 0.252 e. The largest absolute Gasteiger partial charge is 0.339 e. The molecule has 3 aromatic heterocycles. The Hall–Kier alpha value is -2.34. The molecule has 0 radical (unpaired) electrons. The lowest BCUT2D eigenvalue weighted by atomic mass is 9.99. The van der Waals surface area contributed by atoms with Gasteiger partial charge in [0.2, 0.25) is 17.6 Å². The molecule has 1 atom stereocenters. The number of rotatable bonds is 6. The molecule has 0 aromatic carbocycles. The molecule has 1 aliphatic heterocycles. The van der Waals surface area contributed by atoms with Crippen molar-refractivity contribution >= 4 is 44.7 Å². The Kier molecular flexibility index (Phi) is 6.37. The van der Waals surface area contributed by atoms with Crippen LogP contribution >= 0.6 is 22.9 Å². The lowest BCUT2D eigenvalue weighted by molar-refractivity contribution is -0.120. The van der Waals surface area contributed by atoms with Crippen LogP contribution in [0.25, 0.3) is 11.4 Å². The van der Waals surface area contributed by atoms with E-state index in [0.29, 0.717) is 53.9 Å². The highest BCUT2D eigenvalue weighted by Crippen LogP contribution is 2.31. The zero-order valence-corrected chi connectivity index (χ0v) is 19.0. The Morgan fingerprint density at radius 2 is 2.26 bits per heavy atom. The average molecular weight is 482 g/mol. The van der Waals surface area contributed by atoms with E-state index in [0.717, 1.165) is 11.3 Å². The first-order chi connectivity index (χ1) is 14.9. The molecule has 12 heteroatoms. The van der Waals surface area contributed by atoms with Crippen molar-refractivity contribution in [3.63, 3.8) is 0 Å². The zero-order chi connectivity index (χ0) is 22.0. The van der Waals surface area contributed by atoms with E-state index in [2.05, 4.69) is 20.4 Å². The quantitative estimate of drug-likeness (QED) is 0.572. The number of anilines is 1. The van der Waals surface area contributed by atoms with E-state index in [-0.39, 0.29) is 16.7 Å². The van der Waals surface area contributed by atoms with Crippen molar-refractivity contribution in [3.05, 3.63) is 40.7 Å². The van der Waals surface area contributed by atoms with Gasteiger partial charge in [-0.05, 0) is 31.0 Å². The number of carbonyl (C=O) groups excluding carboxylic acids is 1. The highest BCUT2D eigenvalue weighted by Gasteiger charge is 2.34. The van der Waals surface area contributed by atoms with E-state index in [1.54, 1.807) is 23.6 Å². The van der Waals surface area contributed by atoms with Crippen molar-refractivity contribution < 1.29 is 17.7 Å². The maximum absolute atomic E-state index is 13.2. The van der Waals surface area contributed by atoms with Crippen LogP contribution < -0.4 is 5.32 Å². The number of pyridine rings is 1. The highest BCUT2D eigenvalue weighted by atomic mass is 35.5. The summed E-state index contributed by atoms with van der Waals surface area (Å²) in [6, 6.07) is 4.78. The van der Waals surface area contributed by atoms with Crippen molar-refractivity contribution in [3.8, 4) is 11.4 Å². The van der Waals surface area contributed by atoms with Gasteiger partial charge in [-0.3, -0.25) is 4.79 Å². The molecule has 9 nitrogen and oxygen atoms in total. The van der Waals surface area contributed by atoms with Crippen molar-refractivity contribution in [2.24, 2.45) is 5.92 Å². The SMILES string of the molecule is CCc1nc(-c2csc(S(=O)(=O)N3CCC[C@H](C(=O)Nc4ccc(Cl)cn4)C3)c2)no1. The maximum Gasteiger partial charge on any atom is 0.252 e. The molecule has 3 aromatic rings. The van der Waals surface area contributed by atoms with Gasteiger partial charge in [0.1, 0.15) is 10.0 Å². The van der Waals surface area contributed by atoms with Crippen LogP contribution in [0.2, 0.25) is 5.02 Å². The summed E-state index contributed by atoms with van der Waals surface area (Å²) < 4.78 is 33.0. The molecule has 4 heterocycles. The van der Waals surface area contributed by atoms with Crippen LogP contribution in [0.15, 0.2) is 38.5 Å². The second-order valence-electron chi connectivity index (χ2n) is 7.07. The fourth-order valence-corrected chi connectivity index (χ4v) is 6.21. The summed E-state index contributed by atoms with van der Waals surface area (Å²) in [6.45, 7) is 2.37. The molecule has 164 valence electrons. The van der Waals surface area contributed by atoms with Crippen molar-refractivity contribution in [2.75, 3.05) is 18.4 Å². The van der Waals surface area contributed by atoms with E-state index in [1.165, 1.54) is 10.5 Å². The highest BCUT2D eigenvalue weighted by molar-refractivity contribution is 7.91. The van der Waals surface area contributed by atoms with Gasteiger partial charge in [0.05, 0.1) is 10.9 Å². The Morgan fingerprint density at radius 1 is 1.42 bits per heavy atom. The van der Waals surface area contributed by atoms with Crippen LogP contribution in [0.1, 0.15) is 25.7 Å². The molecule has 1 N–H and O–H groups in total. The van der Waals surface area contributed by atoms with Crippen LogP contribution in [0.3, 0.4) is 0 Å². The number of hydrogen-bond acceptors (Lipinski definition) is 8. The number of thiophene rings is 1. The van der Waals surface area contributed by atoms with Gasteiger partial charge < -0.3 is 9.84 Å². The number of hydrogen-bond donors (Lipinski definition) is 1. The second-order valence-corrected chi connectivity index (χ2v) is 10.6. The van der Waals surface area contributed by atoms with E-state index < -0.39 is 15.9 Å².